The van der Waals surface area contributed by atoms with E-state index in [9.17, 15) is 9.59 Å². The molecule has 0 aliphatic carbocycles. The summed E-state index contributed by atoms with van der Waals surface area (Å²) in [6.07, 6.45) is 0.588. The van der Waals surface area contributed by atoms with Crippen LogP contribution in [0.2, 0.25) is 5.02 Å². The van der Waals surface area contributed by atoms with Crippen LogP contribution in [-0.2, 0) is 22.4 Å². The zero-order valence-electron chi connectivity index (χ0n) is 14.1. The molecule has 1 amide bonds. The third kappa shape index (κ3) is 5.50. The van der Waals surface area contributed by atoms with Gasteiger partial charge in [0, 0.05) is 16.3 Å². The second kappa shape index (κ2) is 8.53. The molecule has 0 bridgehead atoms. The number of carbonyl (C=O) groups excluding carboxylic acids is 1. The number of halogens is 1. The Morgan fingerprint density at radius 1 is 1.20 bits per heavy atom. The Bertz CT molecular complexity index is 759. The van der Waals surface area contributed by atoms with E-state index in [0.717, 1.165) is 5.56 Å². The molecular formula is C19H20ClNO4. The summed E-state index contributed by atoms with van der Waals surface area (Å²) in [5, 5.41) is 12.3. The summed E-state index contributed by atoms with van der Waals surface area (Å²) >= 11 is 5.97. The molecule has 2 aromatic carbocycles. The van der Waals surface area contributed by atoms with E-state index in [-0.39, 0.29) is 12.3 Å². The van der Waals surface area contributed by atoms with Gasteiger partial charge in [0.2, 0.25) is 5.91 Å². The van der Waals surface area contributed by atoms with Gasteiger partial charge in [0.15, 0.2) is 0 Å². The van der Waals surface area contributed by atoms with Crippen LogP contribution in [0.25, 0.3) is 0 Å². The van der Waals surface area contributed by atoms with Crippen molar-refractivity contribution in [2.75, 3.05) is 12.4 Å². The molecule has 2 N–H and O–H groups in total. The first-order valence-corrected chi connectivity index (χ1v) is 8.21. The minimum Gasteiger partial charge on any atom is -0.496 e. The molecule has 0 saturated heterocycles. The summed E-state index contributed by atoms with van der Waals surface area (Å²) < 4.78 is 5.24. The van der Waals surface area contributed by atoms with Crippen LogP contribution >= 0.6 is 11.6 Å². The van der Waals surface area contributed by atoms with Gasteiger partial charge in [-0.1, -0.05) is 30.7 Å². The first-order chi connectivity index (χ1) is 11.9. The standard InChI is InChI=1S/C19H20ClNO4/c1-12(19(23)24)9-13-3-6-16(7-4-13)21-18(22)11-14-10-15(20)5-8-17(14)25-2/h3-8,10,12H,9,11H2,1-2H3,(H,21,22)(H,23,24). The van der Waals surface area contributed by atoms with Crippen LogP contribution in [0.3, 0.4) is 0 Å². The van der Waals surface area contributed by atoms with Crippen LogP contribution in [0, 0.1) is 5.92 Å². The number of aliphatic carboxylic acids is 1. The molecule has 2 rings (SSSR count). The Kier molecular flexibility index (Phi) is 6.42. The largest absolute Gasteiger partial charge is 0.496 e. The lowest BCUT2D eigenvalue weighted by atomic mass is 10.0. The maximum absolute atomic E-state index is 12.2. The Labute approximate surface area is 151 Å². The number of methoxy groups -OCH3 is 1. The lowest BCUT2D eigenvalue weighted by Gasteiger charge is -2.10. The third-order valence-electron chi connectivity index (χ3n) is 3.79. The molecule has 5 nitrogen and oxygen atoms in total. The van der Waals surface area contributed by atoms with Crippen LogP contribution in [0.5, 0.6) is 5.75 Å². The number of carboxylic acid groups (broad SMARTS) is 1. The summed E-state index contributed by atoms with van der Waals surface area (Å²) in [5.41, 5.74) is 2.27. The predicted molar refractivity (Wildman–Crippen MR) is 97.3 cm³/mol. The highest BCUT2D eigenvalue weighted by atomic mass is 35.5. The quantitative estimate of drug-likeness (QED) is 0.786. The minimum atomic E-state index is -0.826. The Balaban J connectivity index is 1.99. The summed E-state index contributed by atoms with van der Waals surface area (Å²) in [4.78, 5) is 23.1. The highest BCUT2D eigenvalue weighted by Gasteiger charge is 2.12. The van der Waals surface area contributed by atoms with Crippen molar-refractivity contribution in [3.05, 3.63) is 58.6 Å². The lowest BCUT2D eigenvalue weighted by Crippen LogP contribution is -2.15. The van der Waals surface area contributed by atoms with Gasteiger partial charge >= 0.3 is 5.97 Å². The topological polar surface area (TPSA) is 75.6 Å². The highest BCUT2D eigenvalue weighted by molar-refractivity contribution is 6.30. The molecule has 0 aliphatic heterocycles. The number of anilines is 1. The molecule has 132 valence electrons. The molecule has 2 aromatic rings. The predicted octanol–water partition coefficient (Wildman–Crippen LogP) is 3.79. The van der Waals surface area contributed by atoms with Crippen LogP contribution in [-0.4, -0.2) is 24.1 Å². The Morgan fingerprint density at radius 2 is 1.88 bits per heavy atom. The minimum absolute atomic E-state index is 0.140. The van der Waals surface area contributed by atoms with E-state index >= 15 is 0 Å². The van der Waals surface area contributed by atoms with Crippen molar-refractivity contribution < 1.29 is 19.4 Å². The van der Waals surface area contributed by atoms with Gasteiger partial charge in [0.1, 0.15) is 5.75 Å². The SMILES string of the molecule is COc1ccc(Cl)cc1CC(=O)Nc1ccc(CC(C)C(=O)O)cc1. The molecule has 0 aliphatic rings. The summed E-state index contributed by atoms with van der Waals surface area (Å²) in [5.74, 6) is -0.853. The molecular weight excluding hydrogens is 342 g/mol. The van der Waals surface area contributed by atoms with Gasteiger partial charge in [-0.25, -0.2) is 0 Å². The molecule has 0 heterocycles. The Morgan fingerprint density at radius 3 is 2.48 bits per heavy atom. The van der Waals surface area contributed by atoms with Gasteiger partial charge in [0.25, 0.3) is 0 Å². The van der Waals surface area contributed by atoms with Gasteiger partial charge in [-0.15, -0.1) is 0 Å². The van der Waals surface area contributed by atoms with E-state index in [1.54, 1.807) is 44.4 Å². The molecule has 0 aromatic heterocycles. The molecule has 0 fully saturated rings. The van der Waals surface area contributed by atoms with E-state index in [4.69, 9.17) is 21.4 Å². The van der Waals surface area contributed by atoms with Crippen LogP contribution in [0.4, 0.5) is 5.69 Å². The van der Waals surface area contributed by atoms with Crippen molar-refractivity contribution in [2.24, 2.45) is 5.92 Å². The smallest absolute Gasteiger partial charge is 0.306 e. The number of hydrogen-bond acceptors (Lipinski definition) is 3. The van der Waals surface area contributed by atoms with E-state index in [1.807, 2.05) is 12.1 Å². The monoisotopic (exact) mass is 361 g/mol. The lowest BCUT2D eigenvalue weighted by molar-refractivity contribution is -0.141. The summed E-state index contributed by atoms with van der Waals surface area (Å²) in [6.45, 7) is 1.66. The van der Waals surface area contributed by atoms with E-state index < -0.39 is 11.9 Å². The van der Waals surface area contributed by atoms with Crippen molar-refractivity contribution in [3.63, 3.8) is 0 Å². The first-order valence-electron chi connectivity index (χ1n) is 7.83. The molecule has 1 unspecified atom stereocenters. The normalized spacial score (nSPS) is 11.6. The van der Waals surface area contributed by atoms with Crippen molar-refractivity contribution in [1.82, 2.24) is 0 Å². The van der Waals surface area contributed by atoms with Gasteiger partial charge in [-0.3, -0.25) is 9.59 Å². The van der Waals surface area contributed by atoms with Crippen molar-refractivity contribution in [2.45, 2.75) is 19.8 Å². The fourth-order valence-corrected chi connectivity index (χ4v) is 2.62. The van der Waals surface area contributed by atoms with E-state index in [0.29, 0.717) is 28.4 Å². The van der Waals surface area contributed by atoms with Crippen molar-refractivity contribution in [1.29, 1.82) is 0 Å². The summed E-state index contributed by atoms with van der Waals surface area (Å²) in [6, 6.07) is 12.3. The van der Waals surface area contributed by atoms with Crippen LogP contribution in [0.1, 0.15) is 18.1 Å². The second-order valence-corrected chi connectivity index (χ2v) is 6.26. The molecule has 6 heteroatoms. The molecule has 0 radical (unpaired) electrons. The fraction of sp³-hybridized carbons (Fsp3) is 0.263. The average molecular weight is 362 g/mol. The fourth-order valence-electron chi connectivity index (χ4n) is 2.43. The Hall–Kier alpha value is -2.53. The molecule has 0 saturated carbocycles. The zero-order valence-corrected chi connectivity index (χ0v) is 14.8. The molecule has 1 atom stereocenters. The first kappa shape index (κ1) is 18.8. The number of amides is 1. The number of hydrogen-bond donors (Lipinski definition) is 2. The van der Waals surface area contributed by atoms with Crippen LogP contribution < -0.4 is 10.1 Å². The zero-order chi connectivity index (χ0) is 18.4. The number of benzene rings is 2. The molecule has 0 spiro atoms. The van der Waals surface area contributed by atoms with E-state index in [2.05, 4.69) is 5.32 Å². The number of carbonyl (C=O) groups is 2. The maximum atomic E-state index is 12.2. The number of nitrogens with one attached hydrogen (secondary N) is 1. The van der Waals surface area contributed by atoms with Gasteiger partial charge in [-0.05, 0) is 42.3 Å². The van der Waals surface area contributed by atoms with Crippen molar-refractivity contribution in [3.8, 4) is 5.75 Å². The van der Waals surface area contributed by atoms with Gasteiger partial charge < -0.3 is 15.2 Å². The van der Waals surface area contributed by atoms with Gasteiger partial charge in [0.05, 0.1) is 19.4 Å². The average Bonchev–Trinajstić information content (AvgIpc) is 2.56. The number of rotatable bonds is 7. The summed E-state index contributed by atoms with van der Waals surface area (Å²) in [7, 11) is 1.54. The third-order valence-corrected chi connectivity index (χ3v) is 4.03. The van der Waals surface area contributed by atoms with E-state index in [1.165, 1.54) is 0 Å². The highest BCUT2D eigenvalue weighted by Crippen LogP contribution is 2.23. The second-order valence-electron chi connectivity index (χ2n) is 5.82. The number of carboxylic acids is 1. The molecule has 25 heavy (non-hydrogen) atoms. The van der Waals surface area contributed by atoms with Crippen LogP contribution in [0.15, 0.2) is 42.5 Å². The van der Waals surface area contributed by atoms with Gasteiger partial charge in [-0.2, -0.15) is 0 Å². The maximum Gasteiger partial charge on any atom is 0.306 e. The number of ether oxygens (including phenoxy) is 1. The van der Waals surface area contributed by atoms with Crippen molar-refractivity contribution >= 4 is 29.2 Å².